The summed E-state index contributed by atoms with van der Waals surface area (Å²) < 4.78 is 3.73. The standard InChI is InChI=1S/C20H22N10/c1-14(2)15-8-24-30(11-15)20(5-6-21)12-28(13-20)17-4-3-7-29-18(17)26-19(27-29)25-16-9-22-23-10-16/h3-4,7-11,14H,5,12-13H2,1-2H3,(H,22,23)(H,25,27). The first-order chi connectivity index (χ1) is 14.6. The van der Waals surface area contributed by atoms with Crippen LogP contribution in [0.2, 0.25) is 0 Å². The first-order valence-corrected chi connectivity index (χ1v) is 9.86. The normalized spacial score (nSPS) is 15.3. The summed E-state index contributed by atoms with van der Waals surface area (Å²) in [5.74, 6) is 0.904. The van der Waals surface area contributed by atoms with Gasteiger partial charge < -0.3 is 10.2 Å². The summed E-state index contributed by atoms with van der Waals surface area (Å²) in [5.41, 5.74) is 3.39. The first-order valence-electron chi connectivity index (χ1n) is 9.86. The van der Waals surface area contributed by atoms with Gasteiger partial charge in [0.25, 0.3) is 0 Å². The van der Waals surface area contributed by atoms with Crippen molar-refractivity contribution in [1.29, 1.82) is 5.26 Å². The maximum Gasteiger partial charge on any atom is 0.247 e. The van der Waals surface area contributed by atoms with Gasteiger partial charge in [-0.15, -0.1) is 5.10 Å². The van der Waals surface area contributed by atoms with E-state index in [1.54, 1.807) is 16.9 Å². The Balaban J connectivity index is 1.42. The van der Waals surface area contributed by atoms with Crippen molar-refractivity contribution in [3.63, 3.8) is 0 Å². The highest BCUT2D eigenvalue weighted by molar-refractivity contribution is 5.72. The van der Waals surface area contributed by atoms with Gasteiger partial charge in [0, 0.05) is 31.7 Å². The average Bonchev–Trinajstić information content (AvgIpc) is 3.44. The van der Waals surface area contributed by atoms with Crippen molar-refractivity contribution >= 4 is 23.0 Å². The number of nitrogens with zero attached hydrogens (tertiary/aromatic N) is 8. The lowest BCUT2D eigenvalue weighted by atomic mass is 9.86. The molecular weight excluding hydrogens is 380 g/mol. The molecule has 30 heavy (non-hydrogen) atoms. The number of pyridine rings is 1. The fraction of sp³-hybridized carbons (Fsp3) is 0.350. The maximum atomic E-state index is 9.45. The molecule has 4 aromatic heterocycles. The summed E-state index contributed by atoms with van der Waals surface area (Å²) in [6, 6.07) is 6.33. The summed E-state index contributed by atoms with van der Waals surface area (Å²) in [6.07, 6.45) is 9.67. The molecule has 4 aromatic rings. The van der Waals surface area contributed by atoms with Crippen LogP contribution in [0.15, 0.2) is 43.1 Å². The van der Waals surface area contributed by atoms with Gasteiger partial charge in [0.15, 0.2) is 5.65 Å². The molecule has 1 aliphatic rings. The molecule has 10 nitrogen and oxygen atoms in total. The maximum absolute atomic E-state index is 9.45. The van der Waals surface area contributed by atoms with E-state index in [0.29, 0.717) is 31.4 Å². The number of nitrogens with one attached hydrogen (secondary N) is 2. The van der Waals surface area contributed by atoms with Crippen LogP contribution in [-0.4, -0.2) is 47.7 Å². The molecule has 5 rings (SSSR count). The summed E-state index contributed by atoms with van der Waals surface area (Å²) in [7, 11) is 0. The highest BCUT2D eigenvalue weighted by Gasteiger charge is 2.46. The molecule has 0 aromatic carbocycles. The van der Waals surface area contributed by atoms with Crippen LogP contribution in [0.3, 0.4) is 0 Å². The molecular formula is C20H22N10. The van der Waals surface area contributed by atoms with E-state index in [2.05, 4.69) is 61.7 Å². The number of hydrogen-bond donors (Lipinski definition) is 2. The fourth-order valence-electron chi connectivity index (χ4n) is 3.85. The Bertz CT molecular complexity index is 1200. The predicted octanol–water partition coefficient (Wildman–Crippen LogP) is 2.65. The van der Waals surface area contributed by atoms with Crippen molar-refractivity contribution in [2.75, 3.05) is 23.3 Å². The number of nitriles is 1. The zero-order valence-electron chi connectivity index (χ0n) is 16.8. The molecule has 5 heterocycles. The number of aromatic nitrogens is 7. The molecule has 0 atom stereocenters. The summed E-state index contributed by atoms with van der Waals surface area (Å²) in [5, 5.41) is 28.3. The van der Waals surface area contributed by atoms with Crippen molar-refractivity contribution in [1.82, 2.24) is 34.6 Å². The molecule has 0 spiro atoms. The highest BCUT2D eigenvalue weighted by Crippen LogP contribution is 2.37. The number of rotatable bonds is 6. The molecule has 0 aliphatic carbocycles. The Morgan fingerprint density at radius 3 is 2.90 bits per heavy atom. The van der Waals surface area contributed by atoms with E-state index in [-0.39, 0.29) is 5.54 Å². The lowest BCUT2D eigenvalue weighted by molar-refractivity contribution is 0.198. The van der Waals surface area contributed by atoms with Crippen LogP contribution >= 0.6 is 0 Å². The molecule has 0 radical (unpaired) electrons. The van der Waals surface area contributed by atoms with Gasteiger partial charge in [-0.3, -0.25) is 9.78 Å². The SMILES string of the molecule is CC(C)c1cnn(C2(CC#N)CN(c3cccn4nc(Nc5cn[nH]c5)nc34)C2)c1. The molecule has 10 heteroatoms. The van der Waals surface area contributed by atoms with Crippen LogP contribution in [-0.2, 0) is 5.54 Å². The van der Waals surface area contributed by atoms with Crippen LogP contribution in [0.1, 0.15) is 31.7 Å². The van der Waals surface area contributed by atoms with E-state index in [1.165, 1.54) is 5.56 Å². The summed E-state index contributed by atoms with van der Waals surface area (Å²) in [6.45, 7) is 5.67. The van der Waals surface area contributed by atoms with Gasteiger partial charge in [0.1, 0.15) is 5.54 Å². The zero-order chi connectivity index (χ0) is 20.7. The molecule has 0 unspecified atom stereocenters. The van der Waals surface area contributed by atoms with Gasteiger partial charge in [0.2, 0.25) is 5.95 Å². The van der Waals surface area contributed by atoms with Crippen LogP contribution in [0.4, 0.5) is 17.3 Å². The molecule has 0 bridgehead atoms. The summed E-state index contributed by atoms with van der Waals surface area (Å²) >= 11 is 0. The second kappa shape index (κ2) is 6.88. The van der Waals surface area contributed by atoms with Gasteiger partial charge in [-0.1, -0.05) is 13.8 Å². The third-order valence-electron chi connectivity index (χ3n) is 5.57. The van der Waals surface area contributed by atoms with E-state index < -0.39 is 0 Å². The second-order valence-corrected chi connectivity index (χ2v) is 8.00. The van der Waals surface area contributed by atoms with Gasteiger partial charge in [-0.25, -0.2) is 4.52 Å². The molecule has 1 fully saturated rings. The number of fused-ring (bicyclic) bond motifs is 1. The topological polar surface area (TPSA) is 116 Å². The van der Waals surface area contributed by atoms with Crippen molar-refractivity contribution in [3.8, 4) is 6.07 Å². The predicted molar refractivity (Wildman–Crippen MR) is 112 cm³/mol. The monoisotopic (exact) mass is 402 g/mol. The second-order valence-electron chi connectivity index (χ2n) is 8.00. The number of anilines is 3. The summed E-state index contributed by atoms with van der Waals surface area (Å²) in [4.78, 5) is 6.88. The lowest BCUT2D eigenvalue weighted by Gasteiger charge is -2.50. The van der Waals surface area contributed by atoms with Crippen LogP contribution in [0.25, 0.3) is 5.65 Å². The largest absolute Gasteiger partial charge is 0.363 e. The zero-order valence-corrected chi connectivity index (χ0v) is 16.8. The Morgan fingerprint density at radius 2 is 2.20 bits per heavy atom. The lowest BCUT2D eigenvalue weighted by Crippen LogP contribution is -2.63. The van der Waals surface area contributed by atoms with Crippen molar-refractivity contribution in [2.24, 2.45) is 0 Å². The molecule has 1 aliphatic heterocycles. The minimum Gasteiger partial charge on any atom is -0.363 e. The minimum absolute atomic E-state index is 0.327. The van der Waals surface area contributed by atoms with Gasteiger partial charge in [0.05, 0.1) is 36.3 Å². The van der Waals surface area contributed by atoms with Gasteiger partial charge in [-0.05, 0) is 23.6 Å². The van der Waals surface area contributed by atoms with Gasteiger partial charge in [-0.2, -0.15) is 20.4 Å². The number of H-pyrrole nitrogens is 1. The Labute approximate surface area is 173 Å². The first kappa shape index (κ1) is 18.2. The Kier molecular flexibility index (Phi) is 4.17. The molecule has 152 valence electrons. The van der Waals surface area contributed by atoms with E-state index in [4.69, 9.17) is 0 Å². The molecule has 2 N–H and O–H groups in total. The van der Waals surface area contributed by atoms with Gasteiger partial charge >= 0.3 is 0 Å². The molecule has 1 saturated heterocycles. The Hall–Kier alpha value is -3.87. The Morgan fingerprint density at radius 1 is 1.33 bits per heavy atom. The van der Waals surface area contributed by atoms with Crippen molar-refractivity contribution < 1.29 is 0 Å². The number of aromatic amines is 1. The third kappa shape index (κ3) is 2.95. The van der Waals surface area contributed by atoms with E-state index in [0.717, 1.165) is 17.0 Å². The highest BCUT2D eigenvalue weighted by atomic mass is 15.4. The average molecular weight is 402 g/mol. The minimum atomic E-state index is -0.327. The van der Waals surface area contributed by atoms with Crippen LogP contribution < -0.4 is 10.2 Å². The van der Waals surface area contributed by atoms with E-state index in [1.807, 2.05) is 29.2 Å². The van der Waals surface area contributed by atoms with E-state index in [9.17, 15) is 5.26 Å². The van der Waals surface area contributed by atoms with Crippen LogP contribution in [0.5, 0.6) is 0 Å². The molecule has 0 saturated carbocycles. The quantitative estimate of drug-likeness (QED) is 0.509. The van der Waals surface area contributed by atoms with Crippen LogP contribution in [0, 0.1) is 11.3 Å². The van der Waals surface area contributed by atoms with Crippen molar-refractivity contribution in [3.05, 3.63) is 48.7 Å². The van der Waals surface area contributed by atoms with E-state index >= 15 is 0 Å². The number of hydrogen-bond acceptors (Lipinski definition) is 7. The van der Waals surface area contributed by atoms with Crippen molar-refractivity contribution in [2.45, 2.75) is 31.7 Å². The smallest absolute Gasteiger partial charge is 0.247 e. The fourth-order valence-corrected chi connectivity index (χ4v) is 3.85. The molecule has 0 amide bonds. The third-order valence-corrected chi connectivity index (χ3v) is 5.57.